The van der Waals surface area contributed by atoms with Crippen molar-refractivity contribution in [2.24, 2.45) is 5.92 Å². The Kier molecular flexibility index (Phi) is 7.07. The van der Waals surface area contributed by atoms with Gasteiger partial charge in [-0.25, -0.2) is 0 Å². The summed E-state index contributed by atoms with van der Waals surface area (Å²) in [7, 11) is 0. The quantitative estimate of drug-likeness (QED) is 0.780. The fourth-order valence-electron chi connectivity index (χ4n) is 3.01. The summed E-state index contributed by atoms with van der Waals surface area (Å²) < 4.78 is 5.62. The average molecular weight is 330 g/mol. The van der Waals surface area contributed by atoms with Crippen molar-refractivity contribution in [3.05, 3.63) is 29.8 Å². The van der Waals surface area contributed by atoms with Gasteiger partial charge in [0.05, 0.1) is 24.3 Å². The summed E-state index contributed by atoms with van der Waals surface area (Å²) in [6.45, 7) is 3.82. The number of benzene rings is 1. The number of aliphatic hydroxyl groups excluding tert-OH is 1. The molecule has 1 amide bonds. The Morgan fingerprint density at radius 3 is 3.08 bits per heavy atom. The molecule has 0 aromatic heterocycles. The van der Waals surface area contributed by atoms with Gasteiger partial charge in [-0.2, -0.15) is 5.26 Å². The molecule has 2 rings (SSSR count). The highest BCUT2D eigenvalue weighted by atomic mass is 16.5. The number of unbranched alkanes of at least 4 members (excludes halogenated alkanes) is 1. The van der Waals surface area contributed by atoms with Gasteiger partial charge in [0.25, 0.3) is 0 Å². The molecule has 1 saturated heterocycles. The van der Waals surface area contributed by atoms with Gasteiger partial charge in [0.15, 0.2) is 0 Å². The molecule has 0 radical (unpaired) electrons. The lowest BCUT2D eigenvalue weighted by Crippen LogP contribution is -2.42. The monoisotopic (exact) mass is 330 g/mol. The van der Waals surface area contributed by atoms with Crippen LogP contribution in [0.25, 0.3) is 0 Å². The summed E-state index contributed by atoms with van der Waals surface area (Å²) >= 11 is 0. The summed E-state index contributed by atoms with van der Waals surface area (Å²) in [5.41, 5.74) is 0.584. The van der Waals surface area contributed by atoms with Gasteiger partial charge in [0, 0.05) is 25.4 Å². The zero-order valence-corrected chi connectivity index (χ0v) is 14.3. The van der Waals surface area contributed by atoms with E-state index in [4.69, 9.17) is 10.00 Å². The van der Waals surface area contributed by atoms with Crippen LogP contribution in [0.5, 0.6) is 5.75 Å². The van der Waals surface area contributed by atoms with Crippen LogP contribution in [-0.4, -0.2) is 41.7 Å². The molecule has 0 spiro atoms. The van der Waals surface area contributed by atoms with Crippen LogP contribution < -0.4 is 4.74 Å². The first-order valence-electron chi connectivity index (χ1n) is 8.69. The number of nitriles is 1. The second kappa shape index (κ2) is 9.29. The lowest BCUT2D eigenvalue weighted by molar-refractivity contribution is -0.133. The predicted octanol–water partition coefficient (Wildman–Crippen LogP) is 2.73. The third-order valence-electron chi connectivity index (χ3n) is 4.51. The zero-order chi connectivity index (χ0) is 17.4. The fraction of sp³-hybridized carbons (Fsp3) is 0.579. The van der Waals surface area contributed by atoms with Crippen LogP contribution in [0.2, 0.25) is 0 Å². The summed E-state index contributed by atoms with van der Waals surface area (Å²) in [4.78, 5) is 14.1. The lowest BCUT2D eigenvalue weighted by atomic mass is 9.93. The Balaban J connectivity index is 1.65. The van der Waals surface area contributed by atoms with Gasteiger partial charge in [-0.05, 0) is 50.8 Å². The van der Waals surface area contributed by atoms with Crippen molar-refractivity contribution in [3.63, 3.8) is 0 Å². The molecule has 1 aliphatic heterocycles. The number of piperidine rings is 1. The number of hydrogen-bond donors (Lipinski definition) is 1. The molecule has 2 unspecified atom stereocenters. The highest BCUT2D eigenvalue weighted by Gasteiger charge is 2.25. The Morgan fingerprint density at radius 1 is 1.50 bits per heavy atom. The molecule has 2 atom stereocenters. The lowest BCUT2D eigenvalue weighted by Gasteiger charge is -2.34. The number of carbonyl (C=O) groups excluding carboxylic acids is 1. The number of ether oxygens (including phenoxy) is 1. The number of rotatable bonds is 7. The van der Waals surface area contributed by atoms with E-state index < -0.39 is 0 Å². The highest BCUT2D eigenvalue weighted by molar-refractivity contribution is 5.76. The van der Waals surface area contributed by atoms with Crippen LogP contribution in [0.1, 0.15) is 44.6 Å². The van der Waals surface area contributed by atoms with E-state index in [1.165, 1.54) is 0 Å². The Bertz CT molecular complexity index is 580. The van der Waals surface area contributed by atoms with Crippen molar-refractivity contribution in [3.8, 4) is 11.8 Å². The summed E-state index contributed by atoms with van der Waals surface area (Å²) in [6, 6.07) is 9.17. The number of amides is 1. The first-order chi connectivity index (χ1) is 11.6. The first kappa shape index (κ1) is 18.3. The van der Waals surface area contributed by atoms with Crippen molar-refractivity contribution in [2.45, 2.75) is 45.1 Å². The van der Waals surface area contributed by atoms with Gasteiger partial charge in [-0.3, -0.25) is 4.79 Å². The third-order valence-corrected chi connectivity index (χ3v) is 4.51. The minimum Gasteiger partial charge on any atom is -0.494 e. The van der Waals surface area contributed by atoms with E-state index in [9.17, 15) is 9.90 Å². The van der Waals surface area contributed by atoms with Crippen LogP contribution in [0.4, 0.5) is 0 Å². The smallest absolute Gasteiger partial charge is 0.222 e. The Labute approximate surface area is 143 Å². The number of likely N-dealkylation sites (tertiary alicyclic amines) is 1. The van der Waals surface area contributed by atoms with Crippen molar-refractivity contribution >= 4 is 5.91 Å². The number of nitrogens with zero attached hydrogens (tertiary/aromatic N) is 2. The normalized spacial score (nSPS) is 18.7. The van der Waals surface area contributed by atoms with Crippen molar-refractivity contribution in [1.29, 1.82) is 5.26 Å². The van der Waals surface area contributed by atoms with Crippen molar-refractivity contribution in [1.82, 2.24) is 4.90 Å². The molecule has 130 valence electrons. The standard InChI is InChI=1S/C19H26N2O3/c1-15(22)17-7-5-10-21(14-17)19(23)9-2-3-11-24-18-8-4-6-16(12-18)13-20/h4,6,8,12,15,17,22H,2-3,5,7,9-11,14H2,1H3. The van der Waals surface area contributed by atoms with E-state index in [1.54, 1.807) is 25.1 Å². The molecule has 1 heterocycles. The second-order valence-corrected chi connectivity index (χ2v) is 6.43. The average Bonchev–Trinajstić information content (AvgIpc) is 2.61. The number of carbonyl (C=O) groups is 1. The van der Waals surface area contributed by atoms with Crippen LogP contribution in [0.15, 0.2) is 24.3 Å². The molecule has 0 saturated carbocycles. The van der Waals surface area contributed by atoms with Gasteiger partial charge in [0.1, 0.15) is 5.75 Å². The first-order valence-corrected chi connectivity index (χ1v) is 8.69. The SMILES string of the molecule is CC(O)C1CCCN(C(=O)CCCCOc2cccc(C#N)c2)C1. The summed E-state index contributed by atoms with van der Waals surface area (Å²) in [5, 5.41) is 18.5. The third kappa shape index (κ3) is 5.54. The molecule has 5 heteroatoms. The topological polar surface area (TPSA) is 73.6 Å². The van der Waals surface area contributed by atoms with Gasteiger partial charge in [-0.1, -0.05) is 6.07 Å². The van der Waals surface area contributed by atoms with E-state index in [-0.39, 0.29) is 17.9 Å². The van der Waals surface area contributed by atoms with E-state index in [0.29, 0.717) is 30.9 Å². The molecular formula is C19H26N2O3. The molecule has 0 aliphatic carbocycles. The molecule has 5 nitrogen and oxygen atoms in total. The van der Waals surface area contributed by atoms with E-state index in [1.807, 2.05) is 11.0 Å². The molecule has 0 bridgehead atoms. The van der Waals surface area contributed by atoms with E-state index >= 15 is 0 Å². The van der Waals surface area contributed by atoms with Gasteiger partial charge in [0.2, 0.25) is 5.91 Å². The molecule has 1 aliphatic rings. The van der Waals surface area contributed by atoms with Crippen LogP contribution in [0, 0.1) is 17.2 Å². The van der Waals surface area contributed by atoms with Crippen molar-refractivity contribution in [2.75, 3.05) is 19.7 Å². The maximum absolute atomic E-state index is 12.3. The fourth-order valence-corrected chi connectivity index (χ4v) is 3.01. The molecule has 24 heavy (non-hydrogen) atoms. The zero-order valence-electron chi connectivity index (χ0n) is 14.3. The second-order valence-electron chi connectivity index (χ2n) is 6.43. The van der Waals surface area contributed by atoms with Crippen molar-refractivity contribution < 1.29 is 14.6 Å². The summed E-state index contributed by atoms with van der Waals surface area (Å²) in [5.74, 6) is 1.07. The minimum absolute atomic E-state index is 0.173. The van der Waals surface area contributed by atoms with E-state index in [2.05, 4.69) is 6.07 Å². The molecule has 1 fully saturated rings. The molecule has 1 aromatic rings. The maximum Gasteiger partial charge on any atom is 0.222 e. The Hall–Kier alpha value is -2.06. The largest absolute Gasteiger partial charge is 0.494 e. The van der Waals surface area contributed by atoms with E-state index in [0.717, 1.165) is 32.2 Å². The van der Waals surface area contributed by atoms with Gasteiger partial charge >= 0.3 is 0 Å². The maximum atomic E-state index is 12.3. The Morgan fingerprint density at radius 2 is 2.33 bits per heavy atom. The predicted molar refractivity (Wildman–Crippen MR) is 91.5 cm³/mol. The van der Waals surface area contributed by atoms with Crippen LogP contribution in [0.3, 0.4) is 0 Å². The number of aliphatic hydroxyl groups is 1. The van der Waals surface area contributed by atoms with Gasteiger partial charge in [-0.15, -0.1) is 0 Å². The molecule has 1 N–H and O–H groups in total. The van der Waals surface area contributed by atoms with Crippen LogP contribution >= 0.6 is 0 Å². The minimum atomic E-state index is -0.349. The number of hydrogen-bond acceptors (Lipinski definition) is 4. The van der Waals surface area contributed by atoms with Gasteiger partial charge < -0.3 is 14.7 Å². The highest BCUT2D eigenvalue weighted by Crippen LogP contribution is 2.20. The summed E-state index contributed by atoms with van der Waals surface area (Å²) in [6.07, 6.45) is 3.73. The molecule has 1 aromatic carbocycles. The molecular weight excluding hydrogens is 304 g/mol. The van der Waals surface area contributed by atoms with Crippen LogP contribution in [-0.2, 0) is 4.79 Å².